The second-order valence-electron chi connectivity index (χ2n) is 3.59. The Kier molecular flexibility index (Phi) is 3.32. The minimum Gasteiger partial charge on any atom is -0.369 e. The number of nitrogens with two attached hydrogens (primary N) is 1. The Morgan fingerprint density at radius 3 is 2.14 bits per heavy atom. The molecule has 0 fully saturated rings. The number of hydrogen-bond acceptors (Lipinski definition) is 1. The van der Waals surface area contributed by atoms with Gasteiger partial charge in [-0.2, -0.15) is 0 Å². The number of hydrogen-bond donors (Lipinski definition) is 1. The van der Waals surface area contributed by atoms with Gasteiger partial charge in [0.1, 0.15) is 0 Å². The molecule has 1 aromatic carbocycles. The lowest BCUT2D eigenvalue weighted by Gasteiger charge is -2.11. The number of benzene rings is 1. The Hall–Kier alpha value is -0.830. The summed E-state index contributed by atoms with van der Waals surface area (Å²) in [7, 11) is 0. The second kappa shape index (κ2) is 4.13. The van der Waals surface area contributed by atoms with Crippen LogP contribution in [0.1, 0.15) is 29.5 Å². The van der Waals surface area contributed by atoms with Gasteiger partial charge in [-0.3, -0.25) is 4.79 Å². The Bertz CT molecular complexity index is 351. The third-order valence-corrected chi connectivity index (χ3v) is 3.64. The number of aryl methyl sites for hydroxylation is 2. The summed E-state index contributed by atoms with van der Waals surface area (Å²) in [6.07, 6.45) is 0. The molecule has 2 nitrogen and oxygen atoms in total. The maximum atomic E-state index is 11.0. The maximum Gasteiger partial charge on any atom is 0.224 e. The van der Waals surface area contributed by atoms with E-state index >= 15 is 0 Å². The van der Waals surface area contributed by atoms with Crippen LogP contribution in [0.4, 0.5) is 0 Å². The molecule has 0 saturated heterocycles. The van der Waals surface area contributed by atoms with Crippen molar-refractivity contribution in [3.8, 4) is 0 Å². The highest BCUT2D eigenvalue weighted by Crippen LogP contribution is 2.26. The van der Waals surface area contributed by atoms with Crippen molar-refractivity contribution in [3.05, 3.63) is 33.3 Å². The van der Waals surface area contributed by atoms with Crippen LogP contribution >= 0.6 is 15.9 Å². The molecule has 0 spiro atoms. The molecule has 2 N–H and O–H groups in total. The normalized spacial score (nSPS) is 12.6. The molecule has 0 aliphatic heterocycles. The summed E-state index contributed by atoms with van der Waals surface area (Å²) in [5, 5.41) is 0. The van der Waals surface area contributed by atoms with Gasteiger partial charge in [-0.25, -0.2) is 0 Å². The zero-order valence-electron chi connectivity index (χ0n) is 8.60. The van der Waals surface area contributed by atoms with Crippen LogP contribution in [-0.4, -0.2) is 5.91 Å². The lowest BCUT2D eigenvalue weighted by molar-refractivity contribution is -0.119. The van der Waals surface area contributed by atoms with Crippen LogP contribution in [-0.2, 0) is 4.79 Å². The number of primary amides is 1. The third-order valence-electron chi connectivity index (χ3n) is 2.39. The first-order chi connectivity index (χ1) is 6.43. The van der Waals surface area contributed by atoms with Crippen LogP contribution < -0.4 is 5.73 Å². The molecule has 0 heterocycles. The molecule has 0 aliphatic carbocycles. The van der Waals surface area contributed by atoms with E-state index in [9.17, 15) is 4.79 Å². The van der Waals surface area contributed by atoms with Crippen LogP contribution in [0.15, 0.2) is 16.6 Å². The fourth-order valence-corrected chi connectivity index (χ4v) is 1.62. The van der Waals surface area contributed by atoms with Gasteiger partial charge in [-0.1, -0.05) is 28.1 Å². The second-order valence-corrected chi connectivity index (χ2v) is 4.39. The number of halogens is 1. The van der Waals surface area contributed by atoms with E-state index in [1.807, 2.05) is 32.9 Å². The fraction of sp³-hybridized carbons (Fsp3) is 0.364. The predicted molar refractivity (Wildman–Crippen MR) is 61.2 cm³/mol. The van der Waals surface area contributed by atoms with Gasteiger partial charge in [0.05, 0.1) is 5.92 Å². The van der Waals surface area contributed by atoms with E-state index in [0.717, 1.165) is 21.2 Å². The van der Waals surface area contributed by atoms with Crippen LogP contribution in [0, 0.1) is 13.8 Å². The molecular weight excluding hydrogens is 242 g/mol. The molecule has 0 saturated carbocycles. The van der Waals surface area contributed by atoms with Crippen molar-refractivity contribution < 1.29 is 4.79 Å². The van der Waals surface area contributed by atoms with E-state index in [-0.39, 0.29) is 11.8 Å². The minimum atomic E-state index is -0.286. The van der Waals surface area contributed by atoms with Gasteiger partial charge in [0.25, 0.3) is 0 Å². The van der Waals surface area contributed by atoms with Crippen molar-refractivity contribution in [2.24, 2.45) is 5.73 Å². The summed E-state index contributed by atoms with van der Waals surface area (Å²) in [6.45, 7) is 5.84. The Morgan fingerprint density at radius 2 is 1.79 bits per heavy atom. The standard InChI is InChI=1S/C11H14BrNO/c1-6-4-9(8(3)11(13)14)5-7(2)10(6)12/h4-5,8H,1-3H3,(H2,13,14). The number of rotatable bonds is 2. The van der Waals surface area contributed by atoms with E-state index in [2.05, 4.69) is 15.9 Å². The molecule has 1 aromatic rings. The van der Waals surface area contributed by atoms with Crippen molar-refractivity contribution in [1.29, 1.82) is 0 Å². The van der Waals surface area contributed by atoms with Crippen molar-refractivity contribution in [1.82, 2.24) is 0 Å². The fourth-order valence-electron chi connectivity index (χ4n) is 1.39. The summed E-state index contributed by atoms with van der Waals surface area (Å²) in [5.41, 5.74) is 8.50. The van der Waals surface area contributed by atoms with Gasteiger partial charge in [0.2, 0.25) is 5.91 Å². The average Bonchev–Trinajstić information content (AvgIpc) is 2.12. The Morgan fingerprint density at radius 1 is 1.36 bits per heavy atom. The van der Waals surface area contributed by atoms with E-state index < -0.39 is 0 Å². The summed E-state index contributed by atoms with van der Waals surface area (Å²) in [4.78, 5) is 11.0. The summed E-state index contributed by atoms with van der Waals surface area (Å²) in [6, 6.07) is 3.99. The highest BCUT2D eigenvalue weighted by Gasteiger charge is 2.13. The number of carbonyl (C=O) groups is 1. The van der Waals surface area contributed by atoms with E-state index in [1.165, 1.54) is 0 Å². The first kappa shape index (κ1) is 11.2. The molecule has 0 aliphatic rings. The van der Waals surface area contributed by atoms with Gasteiger partial charge in [0.15, 0.2) is 0 Å². The van der Waals surface area contributed by atoms with Gasteiger partial charge in [-0.15, -0.1) is 0 Å². The summed E-state index contributed by atoms with van der Waals surface area (Å²) < 4.78 is 1.10. The molecule has 0 bridgehead atoms. The molecule has 1 atom stereocenters. The molecule has 1 unspecified atom stereocenters. The Labute approximate surface area is 92.6 Å². The van der Waals surface area contributed by atoms with Crippen LogP contribution in [0.25, 0.3) is 0 Å². The molecule has 1 amide bonds. The molecule has 14 heavy (non-hydrogen) atoms. The van der Waals surface area contributed by atoms with Crippen molar-refractivity contribution in [3.63, 3.8) is 0 Å². The SMILES string of the molecule is Cc1cc(C(C)C(N)=O)cc(C)c1Br. The minimum absolute atomic E-state index is 0.222. The van der Waals surface area contributed by atoms with Gasteiger partial charge in [-0.05, 0) is 37.5 Å². The van der Waals surface area contributed by atoms with Gasteiger partial charge in [0, 0.05) is 4.47 Å². The maximum absolute atomic E-state index is 11.0. The highest BCUT2D eigenvalue weighted by atomic mass is 79.9. The molecule has 3 heteroatoms. The van der Waals surface area contributed by atoms with Crippen molar-refractivity contribution in [2.45, 2.75) is 26.7 Å². The zero-order chi connectivity index (χ0) is 10.9. The monoisotopic (exact) mass is 255 g/mol. The molecule has 0 radical (unpaired) electrons. The zero-order valence-corrected chi connectivity index (χ0v) is 10.2. The van der Waals surface area contributed by atoms with Gasteiger partial charge >= 0.3 is 0 Å². The number of carbonyl (C=O) groups excluding carboxylic acids is 1. The summed E-state index contributed by atoms with van der Waals surface area (Å²) >= 11 is 3.48. The third kappa shape index (κ3) is 2.15. The highest BCUT2D eigenvalue weighted by molar-refractivity contribution is 9.10. The smallest absolute Gasteiger partial charge is 0.224 e. The lowest BCUT2D eigenvalue weighted by atomic mass is 9.97. The topological polar surface area (TPSA) is 43.1 Å². The number of amides is 1. The lowest BCUT2D eigenvalue weighted by Crippen LogP contribution is -2.18. The van der Waals surface area contributed by atoms with Gasteiger partial charge < -0.3 is 5.73 Å². The molecule has 1 rings (SSSR count). The predicted octanol–water partition coefficient (Wildman–Crippen LogP) is 2.65. The van der Waals surface area contributed by atoms with Crippen LogP contribution in [0.2, 0.25) is 0 Å². The molecular formula is C11H14BrNO. The Balaban J connectivity index is 3.19. The van der Waals surface area contributed by atoms with Crippen LogP contribution in [0.5, 0.6) is 0 Å². The summed E-state index contributed by atoms with van der Waals surface area (Å²) in [5.74, 6) is -0.508. The van der Waals surface area contributed by atoms with E-state index in [0.29, 0.717) is 0 Å². The van der Waals surface area contributed by atoms with Crippen molar-refractivity contribution >= 4 is 21.8 Å². The first-order valence-corrected chi connectivity index (χ1v) is 5.28. The van der Waals surface area contributed by atoms with Crippen molar-refractivity contribution in [2.75, 3.05) is 0 Å². The van der Waals surface area contributed by atoms with Crippen LogP contribution in [0.3, 0.4) is 0 Å². The molecule has 0 aromatic heterocycles. The van der Waals surface area contributed by atoms with E-state index in [1.54, 1.807) is 0 Å². The quantitative estimate of drug-likeness (QED) is 0.868. The first-order valence-electron chi connectivity index (χ1n) is 4.49. The molecule has 76 valence electrons. The average molecular weight is 256 g/mol. The van der Waals surface area contributed by atoms with E-state index in [4.69, 9.17) is 5.73 Å². The largest absolute Gasteiger partial charge is 0.369 e.